The quantitative estimate of drug-likeness (QED) is 0.554. The van der Waals surface area contributed by atoms with Crippen LogP contribution in [0.25, 0.3) is 0 Å². The maximum absolute atomic E-state index is 13.0. The molecule has 10 heteroatoms. The number of furan rings is 1. The highest BCUT2D eigenvalue weighted by Crippen LogP contribution is 2.30. The SMILES string of the molecule is CN1CCN(S(=O)(=O)c2cccc(NC(=O)c3ccc(Sc4ccc(Cl)cc4)o3)c2)CC1. The first kappa shape index (κ1) is 22.9. The van der Waals surface area contributed by atoms with E-state index in [0.717, 1.165) is 4.90 Å². The fourth-order valence-corrected chi connectivity index (χ4v) is 5.59. The Morgan fingerprint density at radius 1 is 1.03 bits per heavy atom. The molecule has 1 aliphatic heterocycles. The van der Waals surface area contributed by atoms with Gasteiger partial charge in [0, 0.05) is 41.8 Å². The molecule has 3 aromatic rings. The zero-order valence-electron chi connectivity index (χ0n) is 17.3. The Morgan fingerprint density at radius 3 is 2.47 bits per heavy atom. The molecule has 168 valence electrons. The van der Waals surface area contributed by atoms with E-state index in [1.165, 1.54) is 28.2 Å². The fraction of sp³-hybridized carbons (Fsp3) is 0.227. The van der Waals surface area contributed by atoms with Crippen LogP contribution in [0.3, 0.4) is 0 Å². The predicted octanol–water partition coefficient (Wildman–Crippen LogP) is 4.27. The number of piperazine rings is 1. The van der Waals surface area contributed by atoms with Gasteiger partial charge in [0.15, 0.2) is 10.9 Å². The van der Waals surface area contributed by atoms with Crippen LogP contribution < -0.4 is 5.32 Å². The van der Waals surface area contributed by atoms with Crippen LogP contribution in [0.4, 0.5) is 5.69 Å². The van der Waals surface area contributed by atoms with Crippen LogP contribution in [0.1, 0.15) is 10.6 Å². The number of benzene rings is 2. The molecule has 1 amide bonds. The van der Waals surface area contributed by atoms with Crippen molar-refractivity contribution in [3.8, 4) is 0 Å². The number of anilines is 1. The number of halogens is 1. The largest absolute Gasteiger partial charge is 0.444 e. The molecule has 0 aliphatic carbocycles. The lowest BCUT2D eigenvalue weighted by molar-refractivity contribution is 0.0992. The molecule has 32 heavy (non-hydrogen) atoms. The van der Waals surface area contributed by atoms with Gasteiger partial charge in [-0.25, -0.2) is 8.42 Å². The Balaban J connectivity index is 1.44. The third-order valence-electron chi connectivity index (χ3n) is 5.03. The van der Waals surface area contributed by atoms with E-state index in [2.05, 4.69) is 10.2 Å². The molecule has 0 unspecified atom stereocenters. The average molecular weight is 492 g/mol. The lowest BCUT2D eigenvalue weighted by Crippen LogP contribution is -2.47. The minimum absolute atomic E-state index is 0.133. The van der Waals surface area contributed by atoms with E-state index >= 15 is 0 Å². The highest BCUT2D eigenvalue weighted by molar-refractivity contribution is 7.99. The summed E-state index contributed by atoms with van der Waals surface area (Å²) in [6, 6.07) is 16.8. The zero-order valence-corrected chi connectivity index (χ0v) is 19.7. The van der Waals surface area contributed by atoms with Crippen molar-refractivity contribution in [1.82, 2.24) is 9.21 Å². The molecule has 1 aromatic heterocycles. The Labute approximate surface area is 196 Å². The Kier molecular flexibility index (Phi) is 6.92. The number of carbonyl (C=O) groups excluding carboxylic acids is 1. The third kappa shape index (κ3) is 5.36. The topological polar surface area (TPSA) is 82.9 Å². The normalized spacial score (nSPS) is 15.6. The van der Waals surface area contributed by atoms with Crippen LogP contribution in [-0.2, 0) is 10.0 Å². The summed E-state index contributed by atoms with van der Waals surface area (Å²) in [4.78, 5) is 15.8. The standard InChI is InChI=1S/C22H22ClN3O4S2/c1-25-11-13-26(14-12-25)32(28,29)19-4-2-3-17(15-19)24-22(27)20-9-10-21(30-20)31-18-7-5-16(23)6-8-18/h2-10,15H,11-14H2,1H3,(H,24,27). The minimum Gasteiger partial charge on any atom is -0.444 e. The van der Waals surface area contributed by atoms with Crippen molar-refractivity contribution in [3.05, 3.63) is 71.4 Å². The molecule has 1 fully saturated rings. The third-order valence-corrected chi connectivity index (χ3v) is 8.10. The summed E-state index contributed by atoms with van der Waals surface area (Å²) in [6.45, 7) is 2.25. The summed E-state index contributed by atoms with van der Waals surface area (Å²) in [5.41, 5.74) is 0.383. The second-order valence-electron chi connectivity index (χ2n) is 7.36. The maximum atomic E-state index is 13.0. The van der Waals surface area contributed by atoms with E-state index in [0.29, 0.717) is 42.0 Å². The van der Waals surface area contributed by atoms with Gasteiger partial charge >= 0.3 is 0 Å². The van der Waals surface area contributed by atoms with Gasteiger partial charge < -0.3 is 14.6 Å². The molecule has 1 saturated heterocycles. The van der Waals surface area contributed by atoms with Crippen molar-refractivity contribution in [2.75, 3.05) is 38.5 Å². The number of hydrogen-bond acceptors (Lipinski definition) is 6. The molecule has 4 rings (SSSR count). The van der Waals surface area contributed by atoms with Gasteiger partial charge in [-0.2, -0.15) is 4.31 Å². The number of sulfonamides is 1. The summed E-state index contributed by atoms with van der Waals surface area (Å²) in [5.74, 6) is -0.323. The van der Waals surface area contributed by atoms with Crippen LogP contribution in [0.5, 0.6) is 0 Å². The fourth-order valence-electron chi connectivity index (χ4n) is 3.22. The zero-order chi connectivity index (χ0) is 22.7. The van der Waals surface area contributed by atoms with Crippen LogP contribution in [0.15, 0.2) is 80.0 Å². The monoisotopic (exact) mass is 491 g/mol. The van der Waals surface area contributed by atoms with Crippen LogP contribution >= 0.6 is 23.4 Å². The van der Waals surface area contributed by atoms with E-state index in [4.69, 9.17) is 16.0 Å². The van der Waals surface area contributed by atoms with Crippen molar-refractivity contribution >= 4 is 45.0 Å². The number of hydrogen-bond donors (Lipinski definition) is 1. The van der Waals surface area contributed by atoms with E-state index in [1.54, 1.807) is 36.4 Å². The number of likely N-dealkylation sites (N-methyl/N-ethyl adjacent to an activating group) is 1. The molecule has 0 atom stereocenters. The van der Waals surface area contributed by atoms with Crippen LogP contribution in [-0.4, -0.2) is 56.8 Å². The second kappa shape index (κ2) is 9.68. The lowest BCUT2D eigenvalue weighted by atomic mass is 10.3. The van der Waals surface area contributed by atoms with E-state index in [9.17, 15) is 13.2 Å². The highest BCUT2D eigenvalue weighted by atomic mass is 35.5. The smallest absolute Gasteiger partial charge is 0.291 e. The van der Waals surface area contributed by atoms with Crippen molar-refractivity contribution in [3.63, 3.8) is 0 Å². The molecule has 2 aromatic carbocycles. The molecule has 0 radical (unpaired) electrons. The second-order valence-corrected chi connectivity index (χ2v) is 10.8. The van der Waals surface area contributed by atoms with Crippen molar-refractivity contribution in [2.24, 2.45) is 0 Å². The summed E-state index contributed by atoms with van der Waals surface area (Å²) in [7, 11) is -1.66. The average Bonchev–Trinajstić information content (AvgIpc) is 3.25. The number of rotatable bonds is 6. The first-order valence-electron chi connectivity index (χ1n) is 9.95. The molecule has 1 N–H and O–H groups in total. The number of nitrogens with one attached hydrogen (secondary N) is 1. The number of nitrogens with zero attached hydrogens (tertiary/aromatic N) is 2. The van der Waals surface area contributed by atoms with Gasteiger partial charge in [0.05, 0.1) is 4.90 Å². The van der Waals surface area contributed by atoms with Crippen LogP contribution in [0.2, 0.25) is 5.02 Å². The van der Waals surface area contributed by atoms with Gasteiger partial charge in [-0.3, -0.25) is 4.79 Å². The van der Waals surface area contributed by atoms with Crippen molar-refractivity contribution in [2.45, 2.75) is 14.9 Å². The molecule has 1 aliphatic rings. The molecule has 2 heterocycles. The van der Waals surface area contributed by atoms with E-state index in [-0.39, 0.29) is 10.7 Å². The van der Waals surface area contributed by atoms with Gasteiger partial charge in [-0.15, -0.1) is 0 Å². The summed E-state index contributed by atoms with van der Waals surface area (Å²) >= 11 is 7.27. The van der Waals surface area contributed by atoms with E-state index in [1.807, 2.05) is 19.2 Å². The van der Waals surface area contributed by atoms with Gasteiger partial charge in [0.2, 0.25) is 10.0 Å². The van der Waals surface area contributed by atoms with Crippen LogP contribution in [0, 0.1) is 0 Å². The molecule has 0 saturated carbocycles. The summed E-state index contributed by atoms with van der Waals surface area (Å²) in [5, 5.41) is 3.92. The molecular formula is C22H22ClN3O4S2. The number of carbonyl (C=O) groups is 1. The Hall–Kier alpha value is -2.30. The van der Waals surface area contributed by atoms with E-state index < -0.39 is 15.9 Å². The van der Waals surface area contributed by atoms with Gasteiger partial charge in [0.25, 0.3) is 5.91 Å². The predicted molar refractivity (Wildman–Crippen MR) is 125 cm³/mol. The molecule has 0 bridgehead atoms. The highest BCUT2D eigenvalue weighted by Gasteiger charge is 2.27. The lowest BCUT2D eigenvalue weighted by Gasteiger charge is -2.31. The van der Waals surface area contributed by atoms with Crippen molar-refractivity contribution < 1.29 is 17.6 Å². The first-order chi connectivity index (χ1) is 15.3. The number of amides is 1. The van der Waals surface area contributed by atoms with Crippen molar-refractivity contribution in [1.29, 1.82) is 0 Å². The molecular weight excluding hydrogens is 470 g/mol. The van der Waals surface area contributed by atoms with Gasteiger partial charge in [0.1, 0.15) is 0 Å². The molecule has 7 nitrogen and oxygen atoms in total. The first-order valence-corrected chi connectivity index (χ1v) is 12.6. The summed E-state index contributed by atoms with van der Waals surface area (Å²) < 4.78 is 33.0. The maximum Gasteiger partial charge on any atom is 0.291 e. The summed E-state index contributed by atoms with van der Waals surface area (Å²) in [6.07, 6.45) is 0. The Bertz CT molecular complexity index is 1200. The minimum atomic E-state index is -3.62. The molecule has 0 spiro atoms. The Morgan fingerprint density at radius 2 is 1.75 bits per heavy atom. The van der Waals surface area contributed by atoms with Gasteiger partial charge in [-0.1, -0.05) is 29.4 Å². The van der Waals surface area contributed by atoms with Gasteiger partial charge in [-0.05, 0) is 61.6 Å².